The van der Waals surface area contributed by atoms with E-state index < -0.39 is 27.5 Å². The van der Waals surface area contributed by atoms with Crippen LogP contribution in [-0.4, -0.2) is 55.8 Å². The van der Waals surface area contributed by atoms with E-state index in [1.807, 2.05) is 0 Å². The monoisotopic (exact) mass is 456 g/mol. The maximum Gasteiger partial charge on any atom is 0.233 e. The summed E-state index contributed by atoms with van der Waals surface area (Å²) in [6.07, 6.45) is -0.706. The summed E-state index contributed by atoms with van der Waals surface area (Å²) in [5, 5.41) is 21.8. The molecule has 0 bridgehead atoms. The van der Waals surface area contributed by atoms with Gasteiger partial charge in [-0.15, -0.1) is 0 Å². The van der Waals surface area contributed by atoms with Crippen molar-refractivity contribution in [2.24, 2.45) is 0 Å². The largest absolute Gasteiger partial charge is 0.490 e. The molecule has 10 heteroatoms. The van der Waals surface area contributed by atoms with Gasteiger partial charge in [0.05, 0.1) is 17.1 Å². The third kappa shape index (κ3) is 4.20. The fourth-order valence-corrected chi connectivity index (χ4v) is 5.06. The van der Waals surface area contributed by atoms with Crippen molar-refractivity contribution < 1.29 is 27.8 Å². The minimum Gasteiger partial charge on any atom is -0.490 e. The molecule has 2 aromatic carbocycles. The molecule has 30 heavy (non-hydrogen) atoms. The zero-order valence-corrected chi connectivity index (χ0v) is 17.6. The van der Waals surface area contributed by atoms with Gasteiger partial charge in [-0.2, -0.15) is 0 Å². The lowest BCUT2D eigenvalue weighted by Gasteiger charge is -2.42. The van der Waals surface area contributed by atoms with E-state index in [2.05, 4.69) is 4.72 Å². The maximum atomic E-state index is 14.2. The minimum absolute atomic E-state index is 0.0328. The van der Waals surface area contributed by atoms with Crippen LogP contribution in [0.4, 0.5) is 15.8 Å². The summed E-state index contributed by atoms with van der Waals surface area (Å²) in [6, 6.07) is 9.34. The fourth-order valence-electron chi connectivity index (χ4n) is 3.80. The molecule has 1 saturated heterocycles. The third-order valence-electron chi connectivity index (χ3n) is 5.58. The Morgan fingerprint density at radius 3 is 2.87 bits per heavy atom. The number of hydrogen-bond acceptors (Lipinski definition) is 6. The van der Waals surface area contributed by atoms with Crippen LogP contribution in [0.3, 0.4) is 0 Å². The van der Waals surface area contributed by atoms with E-state index in [0.717, 1.165) is 0 Å². The number of β-amino-alcohol motifs (C(OH)–C–C–N with tert-alkyl or cyclic N) is 1. The molecule has 0 saturated carbocycles. The van der Waals surface area contributed by atoms with E-state index in [1.54, 1.807) is 35.2 Å². The number of nitrogens with one attached hydrogen (secondary N) is 1. The van der Waals surface area contributed by atoms with Crippen LogP contribution in [0.2, 0.25) is 5.02 Å². The van der Waals surface area contributed by atoms with Crippen molar-refractivity contribution in [3.05, 3.63) is 52.8 Å². The first-order valence-corrected chi connectivity index (χ1v) is 11.6. The second-order valence-corrected chi connectivity index (χ2v) is 9.93. The van der Waals surface area contributed by atoms with Gasteiger partial charge in [-0.3, -0.25) is 4.72 Å². The van der Waals surface area contributed by atoms with Crippen molar-refractivity contribution >= 4 is 33.0 Å². The molecule has 0 aliphatic carbocycles. The molecule has 1 fully saturated rings. The van der Waals surface area contributed by atoms with Gasteiger partial charge in [-0.1, -0.05) is 17.7 Å². The van der Waals surface area contributed by atoms with Gasteiger partial charge in [-0.05, 0) is 43.2 Å². The number of sulfonamides is 1. The molecule has 0 unspecified atom stereocenters. The lowest BCUT2D eigenvalue weighted by atomic mass is 9.89. The molecule has 0 amide bonds. The van der Waals surface area contributed by atoms with Gasteiger partial charge in [-0.25, -0.2) is 12.8 Å². The number of halogens is 2. The lowest BCUT2D eigenvalue weighted by Crippen LogP contribution is -2.58. The van der Waals surface area contributed by atoms with E-state index in [1.165, 1.54) is 6.07 Å². The molecule has 162 valence electrons. The Morgan fingerprint density at radius 1 is 1.33 bits per heavy atom. The summed E-state index contributed by atoms with van der Waals surface area (Å²) in [4.78, 5) is 1.66. The zero-order chi connectivity index (χ0) is 21.5. The zero-order valence-electron chi connectivity index (χ0n) is 16.0. The molecule has 2 heterocycles. The molecule has 4 rings (SSSR count). The Labute approximate surface area is 179 Å². The normalized spacial score (nSPS) is 25.3. The minimum atomic E-state index is -3.35. The van der Waals surface area contributed by atoms with Crippen LogP contribution in [0.1, 0.15) is 12.0 Å². The Hall–Kier alpha value is -2.07. The van der Waals surface area contributed by atoms with E-state index in [9.17, 15) is 23.0 Å². The van der Waals surface area contributed by atoms with Crippen LogP contribution < -0.4 is 14.4 Å². The summed E-state index contributed by atoms with van der Waals surface area (Å²) in [5.74, 6) is -0.0778. The summed E-state index contributed by atoms with van der Waals surface area (Å²) in [7, 11) is -3.35. The highest BCUT2D eigenvalue weighted by Crippen LogP contribution is 2.34. The molecule has 2 aliphatic heterocycles. The Bertz CT molecular complexity index is 1070. The number of piperidine rings is 1. The first-order chi connectivity index (χ1) is 14.2. The second kappa shape index (κ2) is 7.88. The number of rotatable bonds is 4. The first kappa shape index (κ1) is 21.2. The highest BCUT2D eigenvalue weighted by atomic mass is 35.5. The number of aliphatic hydroxyl groups excluding tert-OH is 1. The summed E-state index contributed by atoms with van der Waals surface area (Å²) < 4.78 is 46.0. The molecule has 0 aromatic heterocycles. The molecule has 2 atom stereocenters. The van der Waals surface area contributed by atoms with E-state index in [4.69, 9.17) is 16.3 Å². The molecule has 0 spiro atoms. The topological polar surface area (TPSA) is 99.1 Å². The molecular formula is C20H22ClFN2O5S. The number of anilines is 2. The van der Waals surface area contributed by atoms with Crippen LogP contribution in [0.25, 0.3) is 0 Å². The van der Waals surface area contributed by atoms with Crippen molar-refractivity contribution in [2.45, 2.75) is 24.5 Å². The van der Waals surface area contributed by atoms with Crippen molar-refractivity contribution in [1.82, 2.24) is 0 Å². The van der Waals surface area contributed by atoms with E-state index >= 15 is 0 Å². The average molecular weight is 457 g/mol. The first-order valence-electron chi connectivity index (χ1n) is 9.52. The Balaban J connectivity index is 1.45. The Morgan fingerprint density at radius 2 is 2.13 bits per heavy atom. The maximum absolute atomic E-state index is 14.2. The van der Waals surface area contributed by atoms with Gasteiger partial charge in [0.25, 0.3) is 0 Å². The highest BCUT2D eigenvalue weighted by Gasteiger charge is 2.42. The fraction of sp³-hybridized carbons (Fsp3) is 0.400. The molecule has 7 nitrogen and oxygen atoms in total. The quantitative estimate of drug-likeness (QED) is 0.652. The second-order valence-electron chi connectivity index (χ2n) is 7.65. The van der Waals surface area contributed by atoms with Gasteiger partial charge < -0.3 is 19.8 Å². The SMILES string of the molecule is O=S1(=O)CCc2c(cccc2OC[C@]2(O)CCN(c3ccc(Cl)cc3F)C[C@H]2O)N1. The average Bonchev–Trinajstić information content (AvgIpc) is 2.68. The summed E-state index contributed by atoms with van der Waals surface area (Å²) in [5.41, 5.74) is -0.0349. The number of benzene rings is 2. The number of fused-ring (bicyclic) bond motifs is 1. The van der Waals surface area contributed by atoms with Gasteiger partial charge in [0.15, 0.2) is 0 Å². The molecule has 2 aliphatic rings. The number of hydrogen-bond donors (Lipinski definition) is 3. The number of nitrogens with zero attached hydrogens (tertiary/aromatic N) is 1. The Kier molecular flexibility index (Phi) is 5.56. The van der Waals surface area contributed by atoms with Crippen LogP contribution in [0.5, 0.6) is 5.75 Å². The van der Waals surface area contributed by atoms with Crippen molar-refractivity contribution in [3.8, 4) is 5.75 Å². The third-order valence-corrected chi connectivity index (χ3v) is 7.08. The van der Waals surface area contributed by atoms with E-state index in [0.29, 0.717) is 35.7 Å². The summed E-state index contributed by atoms with van der Waals surface area (Å²) in [6.45, 7) is 0.182. The van der Waals surface area contributed by atoms with Gasteiger partial charge in [0, 0.05) is 23.7 Å². The van der Waals surface area contributed by atoms with Crippen LogP contribution >= 0.6 is 11.6 Å². The predicted molar refractivity (Wildman–Crippen MR) is 112 cm³/mol. The molecule has 3 N–H and O–H groups in total. The van der Waals surface area contributed by atoms with Crippen LogP contribution in [0.15, 0.2) is 36.4 Å². The molecule has 0 radical (unpaired) electrons. The standard InChI is InChI=1S/C20H22ClFN2O5S/c21-13-4-5-17(15(22)10-13)24-8-7-20(26,19(25)11-24)12-29-18-3-1-2-16-14(18)6-9-30(27,28)23-16/h1-5,10,19,23,25-26H,6-9,11-12H2/t19-,20-/m1/s1. The van der Waals surface area contributed by atoms with Crippen LogP contribution in [0, 0.1) is 5.82 Å². The van der Waals surface area contributed by atoms with E-state index in [-0.39, 0.29) is 30.3 Å². The molecular weight excluding hydrogens is 435 g/mol. The van der Waals surface area contributed by atoms with Gasteiger partial charge in [0.1, 0.15) is 29.9 Å². The molecule has 2 aromatic rings. The summed E-state index contributed by atoms with van der Waals surface area (Å²) >= 11 is 5.79. The van der Waals surface area contributed by atoms with Gasteiger partial charge >= 0.3 is 0 Å². The lowest BCUT2D eigenvalue weighted by molar-refractivity contribution is -0.109. The van der Waals surface area contributed by atoms with Crippen molar-refractivity contribution in [3.63, 3.8) is 0 Å². The number of aliphatic hydroxyl groups is 2. The number of ether oxygens (including phenoxy) is 1. The van der Waals surface area contributed by atoms with Crippen molar-refractivity contribution in [1.29, 1.82) is 0 Å². The van der Waals surface area contributed by atoms with Crippen LogP contribution in [-0.2, 0) is 16.4 Å². The predicted octanol–water partition coefficient (Wildman–Crippen LogP) is 2.16. The highest BCUT2D eigenvalue weighted by molar-refractivity contribution is 7.92. The smallest absolute Gasteiger partial charge is 0.233 e. The van der Waals surface area contributed by atoms with Gasteiger partial charge in [0.2, 0.25) is 10.0 Å². The van der Waals surface area contributed by atoms with Crippen molar-refractivity contribution in [2.75, 3.05) is 35.1 Å².